The lowest BCUT2D eigenvalue weighted by Gasteiger charge is -2.16. The molecule has 0 atom stereocenters. The molecule has 11 heteroatoms. The zero-order chi connectivity index (χ0) is 21.5. The van der Waals surface area contributed by atoms with Gasteiger partial charge in [-0.1, -0.05) is 0 Å². The second-order valence-electron chi connectivity index (χ2n) is 6.58. The number of hydrogen-bond acceptors (Lipinski definition) is 7. The molecule has 0 unspecified atom stereocenters. The average Bonchev–Trinajstić information content (AvgIpc) is 3.11. The molecule has 30 heavy (non-hydrogen) atoms. The second-order valence-corrected chi connectivity index (χ2v) is 8.56. The van der Waals surface area contributed by atoms with E-state index in [0.717, 1.165) is 12.3 Å². The van der Waals surface area contributed by atoms with E-state index in [-0.39, 0.29) is 11.8 Å². The molecule has 0 bridgehead atoms. The number of halogens is 2. The van der Waals surface area contributed by atoms with Gasteiger partial charge in [0.15, 0.2) is 15.7 Å². The first-order chi connectivity index (χ1) is 14.2. The lowest BCUT2D eigenvalue weighted by Crippen LogP contribution is -2.13. The van der Waals surface area contributed by atoms with Crippen LogP contribution in [-0.4, -0.2) is 41.9 Å². The fraction of sp³-hybridized carbons (Fsp3) is 0.105. The minimum atomic E-state index is -3.73. The SMILES string of the molecule is CN(c1ccnc(Nc2ccc(F)c(S(C)(=O)=O)c2)n1)c1n[nH]c2ccc(F)cc12. The Balaban J connectivity index is 1.65. The van der Waals surface area contributed by atoms with Crippen molar-refractivity contribution in [3.8, 4) is 0 Å². The van der Waals surface area contributed by atoms with Gasteiger partial charge in [0.25, 0.3) is 0 Å². The summed E-state index contributed by atoms with van der Waals surface area (Å²) in [6.07, 6.45) is 2.43. The van der Waals surface area contributed by atoms with Gasteiger partial charge in [-0.25, -0.2) is 22.2 Å². The van der Waals surface area contributed by atoms with Gasteiger partial charge < -0.3 is 10.2 Å². The van der Waals surface area contributed by atoms with Crippen molar-refractivity contribution >= 4 is 44.0 Å². The van der Waals surface area contributed by atoms with E-state index in [4.69, 9.17) is 0 Å². The number of H-pyrrole nitrogens is 1. The highest BCUT2D eigenvalue weighted by Crippen LogP contribution is 2.29. The molecular weight excluding hydrogens is 414 g/mol. The Morgan fingerprint density at radius 3 is 2.67 bits per heavy atom. The second kappa shape index (κ2) is 7.34. The third-order valence-corrected chi connectivity index (χ3v) is 5.51. The average molecular weight is 430 g/mol. The number of aromatic nitrogens is 4. The standard InChI is InChI=1S/C19H16F2N6O2S/c1-27(18-13-9-11(20)3-6-15(13)25-26-18)17-7-8-22-19(24-17)23-12-4-5-14(21)16(10-12)30(2,28)29/h3-10H,1-2H3,(H,25,26)(H,22,23,24). The lowest BCUT2D eigenvalue weighted by atomic mass is 10.2. The fourth-order valence-electron chi connectivity index (χ4n) is 2.93. The monoisotopic (exact) mass is 430 g/mol. The first-order valence-electron chi connectivity index (χ1n) is 8.69. The summed E-state index contributed by atoms with van der Waals surface area (Å²) >= 11 is 0. The summed E-state index contributed by atoms with van der Waals surface area (Å²) in [5.74, 6) is -0.140. The van der Waals surface area contributed by atoms with Gasteiger partial charge in [-0.2, -0.15) is 10.1 Å². The third kappa shape index (κ3) is 3.79. The molecule has 154 valence electrons. The fourth-order valence-corrected chi connectivity index (χ4v) is 3.69. The van der Waals surface area contributed by atoms with Gasteiger partial charge in [0, 0.05) is 30.6 Å². The van der Waals surface area contributed by atoms with Crippen LogP contribution in [0.4, 0.5) is 32.1 Å². The van der Waals surface area contributed by atoms with Crippen LogP contribution in [0.25, 0.3) is 10.9 Å². The van der Waals surface area contributed by atoms with Gasteiger partial charge in [-0.3, -0.25) is 5.10 Å². The molecule has 8 nitrogen and oxygen atoms in total. The minimum Gasteiger partial charge on any atom is -0.324 e. The predicted octanol–water partition coefficient (Wildman–Crippen LogP) is 3.55. The Morgan fingerprint density at radius 1 is 1.10 bits per heavy atom. The van der Waals surface area contributed by atoms with E-state index in [1.807, 2.05) is 0 Å². The number of hydrogen-bond donors (Lipinski definition) is 2. The summed E-state index contributed by atoms with van der Waals surface area (Å²) < 4.78 is 50.9. The molecule has 2 aromatic carbocycles. The molecule has 2 heterocycles. The first kappa shape index (κ1) is 19.7. The summed E-state index contributed by atoms with van der Waals surface area (Å²) in [6, 6.07) is 9.55. The van der Waals surface area contributed by atoms with E-state index >= 15 is 0 Å². The molecule has 0 saturated carbocycles. The van der Waals surface area contributed by atoms with Crippen molar-refractivity contribution in [1.29, 1.82) is 0 Å². The van der Waals surface area contributed by atoms with Gasteiger partial charge in [0.1, 0.15) is 22.3 Å². The molecule has 0 aliphatic rings. The van der Waals surface area contributed by atoms with Crippen molar-refractivity contribution < 1.29 is 17.2 Å². The van der Waals surface area contributed by atoms with Crippen LogP contribution in [0.5, 0.6) is 0 Å². The number of rotatable bonds is 5. The highest BCUT2D eigenvalue weighted by Gasteiger charge is 2.16. The number of fused-ring (bicyclic) bond motifs is 1. The smallest absolute Gasteiger partial charge is 0.229 e. The maximum absolute atomic E-state index is 13.8. The van der Waals surface area contributed by atoms with Crippen LogP contribution in [0.3, 0.4) is 0 Å². The van der Waals surface area contributed by atoms with Crippen LogP contribution in [0.1, 0.15) is 0 Å². The van der Waals surface area contributed by atoms with E-state index < -0.39 is 20.5 Å². The zero-order valence-corrected chi connectivity index (χ0v) is 16.7. The van der Waals surface area contributed by atoms with Crippen LogP contribution in [0, 0.1) is 11.6 Å². The molecule has 4 aromatic rings. The summed E-state index contributed by atoms with van der Waals surface area (Å²) in [5.41, 5.74) is 0.981. The van der Waals surface area contributed by atoms with E-state index in [2.05, 4.69) is 25.5 Å². The first-order valence-corrected chi connectivity index (χ1v) is 10.6. The van der Waals surface area contributed by atoms with Crippen molar-refractivity contribution in [3.05, 3.63) is 60.3 Å². The normalized spacial score (nSPS) is 11.6. The third-order valence-electron chi connectivity index (χ3n) is 4.39. The van der Waals surface area contributed by atoms with Crippen LogP contribution in [0.2, 0.25) is 0 Å². The van der Waals surface area contributed by atoms with Crippen LogP contribution in [0.15, 0.2) is 53.6 Å². The molecule has 0 saturated heterocycles. The molecule has 0 fully saturated rings. The molecule has 0 radical (unpaired) electrons. The van der Waals surface area contributed by atoms with Gasteiger partial charge >= 0.3 is 0 Å². The Bertz CT molecular complexity index is 1360. The number of anilines is 4. The van der Waals surface area contributed by atoms with Crippen LogP contribution in [-0.2, 0) is 9.84 Å². The van der Waals surface area contributed by atoms with Crippen molar-refractivity contribution in [1.82, 2.24) is 20.2 Å². The summed E-state index contributed by atoms with van der Waals surface area (Å²) in [6.45, 7) is 0. The summed E-state index contributed by atoms with van der Waals surface area (Å²) in [4.78, 5) is 9.71. The van der Waals surface area contributed by atoms with Gasteiger partial charge in [0.2, 0.25) is 5.95 Å². The van der Waals surface area contributed by atoms with E-state index in [1.165, 1.54) is 30.5 Å². The van der Waals surface area contributed by atoms with E-state index in [0.29, 0.717) is 28.2 Å². The lowest BCUT2D eigenvalue weighted by molar-refractivity contribution is 0.571. The highest BCUT2D eigenvalue weighted by atomic mass is 32.2. The van der Waals surface area contributed by atoms with Gasteiger partial charge in [-0.05, 0) is 42.5 Å². The molecule has 0 aliphatic heterocycles. The number of nitrogens with zero attached hydrogens (tertiary/aromatic N) is 4. The van der Waals surface area contributed by atoms with E-state index in [9.17, 15) is 17.2 Å². The number of sulfone groups is 1. The van der Waals surface area contributed by atoms with Crippen LogP contribution >= 0.6 is 0 Å². The van der Waals surface area contributed by atoms with Gasteiger partial charge in [-0.15, -0.1) is 0 Å². The zero-order valence-electron chi connectivity index (χ0n) is 15.9. The highest BCUT2D eigenvalue weighted by molar-refractivity contribution is 7.90. The topological polar surface area (TPSA) is 104 Å². The van der Waals surface area contributed by atoms with Crippen molar-refractivity contribution in [2.24, 2.45) is 0 Å². The molecule has 0 spiro atoms. The predicted molar refractivity (Wildman–Crippen MR) is 109 cm³/mol. The van der Waals surface area contributed by atoms with Crippen molar-refractivity contribution in [3.63, 3.8) is 0 Å². The Labute approximate surface area is 170 Å². The maximum Gasteiger partial charge on any atom is 0.229 e. The van der Waals surface area contributed by atoms with E-state index in [1.54, 1.807) is 24.1 Å². The van der Waals surface area contributed by atoms with Gasteiger partial charge in [0.05, 0.1) is 5.52 Å². The quantitative estimate of drug-likeness (QED) is 0.499. The Morgan fingerprint density at radius 2 is 1.90 bits per heavy atom. The Hall–Kier alpha value is -3.60. The summed E-state index contributed by atoms with van der Waals surface area (Å²) in [5, 5.41) is 10.5. The number of aromatic amines is 1. The maximum atomic E-state index is 13.8. The molecule has 4 rings (SSSR count). The molecule has 0 aliphatic carbocycles. The van der Waals surface area contributed by atoms with Crippen molar-refractivity contribution in [2.45, 2.75) is 4.90 Å². The number of benzene rings is 2. The molecule has 0 amide bonds. The summed E-state index contributed by atoms with van der Waals surface area (Å²) in [7, 11) is -2.02. The van der Waals surface area contributed by atoms with Crippen LogP contribution < -0.4 is 10.2 Å². The minimum absolute atomic E-state index is 0.163. The molecule has 2 N–H and O–H groups in total. The molecular formula is C19H16F2N6O2S. The Kier molecular flexibility index (Phi) is 4.82. The van der Waals surface area contributed by atoms with Crippen molar-refractivity contribution in [2.75, 3.05) is 23.5 Å². The largest absolute Gasteiger partial charge is 0.324 e. The number of nitrogens with one attached hydrogen (secondary N) is 2. The molecule has 2 aromatic heterocycles.